The molecule has 9 nitrogen and oxygen atoms in total. The third-order valence-electron chi connectivity index (χ3n) is 6.50. The van der Waals surface area contributed by atoms with Crippen molar-refractivity contribution in [2.24, 2.45) is 0 Å². The van der Waals surface area contributed by atoms with Gasteiger partial charge < -0.3 is 24.0 Å². The largest absolute Gasteiger partial charge is 0.490 e. The second-order valence-corrected chi connectivity index (χ2v) is 8.77. The summed E-state index contributed by atoms with van der Waals surface area (Å²) in [4.78, 5) is 31.3. The summed E-state index contributed by atoms with van der Waals surface area (Å²) in [7, 11) is 0. The molecule has 0 radical (unpaired) electrons. The molecule has 1 saturated heterocycles. The lowest BCUT2D eigenvalue weighted by molar-refractivity contribution is -0.192. The molecule has 0 bridgehead atoms. The fourth-order valence-electron chi connectivity index (χ4n) is 5.00. The zero-order valence-electron chi connectivity index (χ0n) is 20.0. The summed E-state index contributed by atoms with van der Waals surface area (Å²) in [6.45, 7) is 8.07. The van der Waals surface area contributed by atoms with Crippen LogP contribution in [-0.4, -0.2) is 62.4 Å². The maximum absolute atomic E-state index is 13.3. The summed E-state index contributed by atoms with van der Waals surface area (Å²) in [6.07, 6.45) is 0.729. The van der Waals surface area contributed by atoms with Gasteiger partial charge in [0, 0.05) is 32.0 Å². The van der Waals surface area contributed by atoms with Crippen LogP contribution in [0.4, 0.5) is 18.9 Å². The molecular weight excluding hydrogens is 479 g/mol. The summed E-state index contributed by atoms with van der Waals surface area (Å²) in [5.41, 5.74) is 3.32. The molecule has 1 N–H and O–H groups in total. The number of fused-ring (bicyclic) bond motifs is 4. The highest BCUT2D eigenvalue weighted by atomic mass is 19.4. The fourth-order valence-corrected chi connectivity index (χ4v) is 5.00. The second kappa shape index (κ2) is 9.32. The van der Waals surface area contributed by atoms with Crippen molar-refractivity contribution in [1.29, 1.82) is 0 Å². The number of aromatic nitrogens is 3. The summed E-state index contributed by atoms with van der Waals surface area (Å²) >= 11 is 0. The van der Waals surface area contributed by atoms with Crippen molar-refractivity contribution in [3.05, 3.63) is 59.4 Å². The molecule has 1 fully saturated rings. The van der Waals surface area contributed by atoms with Crippen molar-refractivity contribution in [2.45, 2.75) is 45.3 Å². The van der Waals surface area contributed by atoms with E-state index in [4.69, 9.17) is 14.4 Å². The molecule has 192 valence electrons. The molecule has 3 aromatic heterocycles. The molecule has 0 aliphatic carbocycles. The Morgan fingerprint density at radius 2 is 1.94 bits per heavy atom. The van der Waals surface area contributed by atoms with Gasteiger partial charge in [-0.3, -0.25) is 4.79 Å². The van der Waals surface area contributed by atoms with E-state index in [9.17, 15) is 18.0 Å². The minimum absolute atomic E-state index is 0.00432. The molecule has 2 aliphatic rings. The van der Waals surface area contributed by atoms with Gasteiger partial charge in [-0.25, -0.2) is 9.78 Å². The monoisotopic (exact) mass is 505 g/mol. The number of pyridine rings is 1. The van der Waals surface area contributed by atoms with Crippen molar-refractivity contribution >= 4 is 17.6 Å². The highest BCUT2D eigenvalue weighted by Gasteiger charge is 2.51. The first-order chi connectivity index (χ1) is 17.0. The van der Waals surface area contributed by atoms with Crippen LogP contribution in [0, 0.1) is 13.8 Å². The molecule has 1 spiro atoms. The number of hydrogen-bond donors (Lipinski definition) is 1. The number of anilines is 1. The molecule has 2 aliphatic heterocycles. The topological polar surface area (TPSA) is 105 Å². The Morgan fingerprint density at radius 1 is 1.22 bits per heavy atom. The Labute approximate surface area is 205 Å². The molecule has 36 heavy (non-hydrogen) atoms. The number of aryl methyl sites for hydroxylation is 2. The highest BCUT2D eigenvalue weighted by molar-refractivity contribution is 5.96. The standard InChI is InChI=1S/C22H25N5O2.C2HF3O2/c1-4-11-27-17-7-5-10-23-20(17)26-12-6-8-18(26)22(27)9-13-25(14-22)21(28)19-15(2)24-29-16(19)3;3-2(4,5)1(6)7/h5-8,10,12H,4,9,11,13-14H2,1-3H3;(H,6,7). The van der Waals surface area contributed by atoms with Crippen LogP contribution in [-0.2, 0) is 10.3 Å². The Kier molecular flexibility index (Phi) is 6.54. The third-order valence-corrected chi connectivity index (χ3v) is 6.50. The zero-order valence-corrected chi connectivity index (χ0v) is 20.0. The number of amides is 1. The van der Waals surface area contributed by atoms with E-state index < -0.39 is 12.1 Å². The predicted molar refractivity (Wildman–Crippen MR) is 123 cm³/mol. The van der Waals surface area contributed by atoms with Gasteiger partial charge in [-0.05, 0) is 51.0 Å². The summed E-state index contributed by atoms with van der Waals surface area (Å²) in [6, 6.07) is 8.38. The summed E-state index contributed by atoms with van der Waals surface area (Å²) in [5, 5.41) is 11.1. The number of carboxylic acid groups (broad SMARTS) is 1. The Bertz CT molecular complexity index is 1270. The van der Waals surface area contributed by atoms with Crippen LogP contribution in [0.1, 0.15) is 47.3 Å². The molecule has 3 aromatic rings. The SMILES string of the molecule is CCCN1c2cccnc2-n2cccc2C12CCN(C(=O)c1c(C)noc1C)C2.O=C(O)C(F)(F)F. The van der Waals surface area contributed by atoms with Gasteiger partial charge in [0.1, 0.15) is 16.9 Å². The number of hydrogen-bond acceptors (Lipinski definition) is 6. The molecule has 0 aromatic carbocycles. The molecule has 1 unspecified atom stereocenters. The number of rotatable bonds is 3. The van der Waals surface area contributed by atoms with Crippen molar-refractivity contribution in [2.75, 3.05) is 24.5 Å². The molecule has 12 heteroatoms. The normalized spacial score (nSPS) is 18.5. The Morgan fingerprint density at radius 3 is 2.56 bits per heavy atom. The van der Waals surface area contributed by atoms with Gasteiger partial charge in [-0.1, -0.05) is 12.1 Å². The fraction of sp³-hybridized carbons (Fsp3) is 0.417. The third kappa shape index (κ3) is 4.20. The van der Waals surface area contributed by atoms with Crippen LogP contribution in [0.25, 0.3) is 5.82 Å². The average Bonchev–Trinajstić information content (AvgIpc) is 3.56. The quantitative estimate of drug-likeness (QED) is 0.572. The van der Waals surface area contributed by atoms with E-state index >= 15 is 0 Å². The number of aliphatic carboxylic acids is 1. The minimum atomic E-state index is -5.08. The first-order valence-corrected chi connectivity index (χ1v) is 11.4. The van der Waals surface area contributed by atoms with Crippen molar-refractivity contribution in [3.8, 4) is 5.82 Å². The van der Waals surface area contributed by atoms with Crippen LogP contribution in [0.15, 0.2) is 41.2 Å². The second-order valence-electron chi connectivity index (χ2n) is 8.77. The van der Waals surface area contributed by atoms with E-state index in [0.29, 0.717) is 30.1 Å². The Balaban J connectivity index is 0.000000384. The van der Waals surface area contributed by atoms with Gasteiger partial charge in [-0.15, -0.1) is 0 Å². The zero-order chi connectivity index (χ0) is 26.3. The van der Waals surface area contributed by atoms with E-state index in [-0.39, 0.29) is 11.4 Å². The molecule has 5 rings (SSSR count). The lowest BCUT2D eigenvalue weighted by Gasteiger charge is -2.47. The maximum atomic E-state index is 13.3. The lowest BCUT2D eigenvalue weighted by atomic mass is 9.88. The van der Waals surface area contributed by atoms with E-state index in [1.807, 2.05) is 24.1 Å². The number of halogens is 3. The van der Waals surface area contributed by atoms with Gasteiger partial charge in [0.25, 0.3) is 5.91 Å². The Hall–Kier alpha value is -3.83. The van der Waals surface area contributed by atoms with Gasteiger partial charge >= 0.3 is 12.1 Å². The molecular formula is C24H26F3N5O4. The number of likely N-dealkylation sites (tertiary alicyclic amines) is 1. The first-order valence-electron chi connectivity index (χ1n) is 11.4. The van der Waals surface area contributed by atoms with Crippen LogP contribution in [0.5, 0.6) is 0 Å². The number of alkyl halides is 3. The van der Waals surface area contributed by atoms with E-state index in [0.717, 1.165) is 30.9 Å². The van der Waals surface area contributed by atoms with Gasteiger partial charge in [0.05, 0.1) is 17.1 Å². The number of carbonyl (C=O) groups is 2. The first kappa shape index (κ1) is 25.3. The number of carbonyl (C=O) groups excluding carboxylic acids is 1. The lowest BCUT2D eigenvalue weighted by Crippen LogP contribution is -2.53. The summed E-state index contributed by atoms with van der Waals surface area (Å²) in [5.74, 6) is -1.21. The van der Waals surface area contributed by atoms with Gasteiger partial charge in [0.15, 0.2) is 5.82 Å². The highest BCUT2D eigenvalue weighted by Crippen LogP contribution is 2.47. The summed E-state index contributed by atoms with van der Waals surface area (Å²) < 4.78 is 39.2. The molecule has 0 saturated carbocycles. The molecule has 1 atom stereocenters. The van der Waals surface area contributed by atoms with E-state index in [1.54, 1.807) is 6.92 Å². The molecule has 1 amide bonds. The van der Waals surface area contributed by atoms with Gasteiger partial charge in [-0.2, -0.15) is 13.2 Å². The van der Waals surface area contributed by atoms with E-state index in [2.05, 4.69) is 50.9 Å². The van der Waals surface area contributed by atoms with Crippen molar-refractivity contribution in [3.63, 3.8) is 0 Å². The van der Waals surface area contributed by atoms with Gasteiger partial charge in [0.2, 0.25) is 0 Å². The smallest absolute Gasteiger partial charge is 0.475 e. The molecule has 5 heterocycles. The van der Waals surface area contributed by atoms with Crippen LogP contribution < -0.4 is 4.90 Å². The van der Waals surface area contributed by atoms with Crippen molar-refractivity contribution < 1.29 is 32.4 Å². The van der Waals surface area contributed by atoms with Crippen LogP contribution >= 0.6 is 0 Å². The van der Waals surface area contributed by atoms with Crippen LogP contribution in [0.2, 0.25) is 0 Å². The van der Waals surface area contributed by atoms with Crippen molar-refractivity contribution in [1.82, 2.24) is 19.6 Å². The minimum Gasteiger partial charge on any atom is -0.475 e. The average molecular weight is 505 g/mol. The maximum Gasteiger partial charge on any atom is 0.490 e. The predicted octanol–water partition coefficient (Wildman–Crippen LogP) is 4.08. The van der Waals surface area contributed by atoms with E-state index in [1.165, 1.54) is 5.69 Å². The van der Waals surface area contributed by atoms with Crippen LogP contribution in [0.3, 0.4) is 0 Å². The number of carboxylic acids is 1. The number of nitrogens with zero attached hydrogens (tertiary/aromatic N) is 5.